The van der Waals surface area contributed by atoms with Crippen LogP contribution in [0.4, 0.5) is 10.2 Å². The Labute approximate surface area is 182 Å². The van der Waals surface area contributed by atoms with E-state index in [2.05, 4.69) is 16.5 Å². The summed E-state index contributed by atoms with van der Waals surface area (Å²) < 4.78 is 14.6. The fourth-order valence-corrected chi connectivity index (χ4v) is 3.56. The molecule has 0 radical (unpaired) electrons. The summed E-state index contributed by atoms with van der Waals surface area (Å²) in [6.45, 7) is 0.382. The zero-order valence-corrected chi connectivity index (χ0v) is 17.7. The molecule has 0 fully saturated rings. The Bertz CT molecular complexity index is 1110. The van der Waals surface area contributed by atoms with E-state index in [1.54, 1.807) is 12.1 Å². The minimum atomic E-state index is -0.371. The summed E-state index contributed by atoms with van der Waals surface area (Å²) in [6.07, 6.45) is 2.93. The Morgan fingerprint density at radius 2 is 2.07 bits per heavy atom. The number of carbonyl (C=O) groups excluding carboxylic acids is 1. The summed E-state index contributed by atoms with van der Waals surface area (Å²) in [5.74, 6) is -0.430. The summed E-state index contributed by atoms with van der Waals surface area (Å²) in [5.41, 5.74) is 7.84. The first-order valence-electron chi connectivity index (χ1n) is 9.09. The number of halogens is 2. The molecule has 0 bridgehead atoms. The van der Waals surface area contributed by atoms with Gasteiger partial charge in [0, 0.05) is 11.4 Å². The van der Waals surface area contributed by atoms with E-state index in [0.29, 0.717) is 41.4 Å². The normalized spacial score (nSPS) is 10.6. The molecule has 1 amide bonds. The van der Waals surface area contributed by atoms with Crippen molar-refractivity contribution in [3.05, 3.63) is 70.1 Å². The maximum Gasteiger partial charge on any atom is 0.252 e. The van der Waals surface area contributed by atoms with Gasteiger partial charge in [0.15, 0.2) is 0 Å². The first kappa shape index (κ1) is 21.7. The molecule has 1 heterocycles. The number of aromatic nitrogens is 2. The fraction of sp³-hybridized carbons (Fsp3) is 0.190. The number of carbonyl (C=O) groups is 1. The van der Waals surface area contributed by atoms with Crippen molar-refractivity contribution in [2.24, 2.45) is 0 Å². The van der Waals surface area contributed by atoms with Gasteiger partial charge in [-0.25, -0.2) is 9.07 Å². The van der Waals surface area contributed by atoms with Gasteiger partial charge >= 0.3 is 0 Å². The van der Waals surface area contributed by atoms with Crippen LogP contribution >= 0.6 is 23.4 Å². The quantitative estimate of drug-likeness (QED) is 0.421. The number of benzene rings is 2. The van der Waals surface area contributed by atoms with Crippen molar-refractivity contribution >= 4 is 35.1 Å². The Morgan fingerprint density at radius 3 is 2.73 bits per heavy atom. The second-order valence-electron chi connectivity index (χ2n) is 6.41. The third kappa shape index (κ3) is 4.75. The summed E-state index contributed by atoms with van der Waals surface area (Å²) in [6, 6.07) is 13.1. The predicted molar refractivity (Wildman–Crippen MR) is 117 cm³/mol. The SMILES string of the molecule is CSc1ccc(Cl)c(C(=O)NCCCc2nn(-c3ccc(F)cc3)c(N)c2C#N)c1. The van der Waals surface area contributed by atoms with Crippen LogP contribution in [0.2, 0.25) is 5.02 Å². The molecule has 0 aliphatic heterocycles. The molecular formula is C21H19ClFN5OS. The number of anilines is 1. The fourth-order valence-electron chi connectivity index (χ4n) is 2.91. The van der Waals surface area contributed by atoms with E-state index in [0.717, 1.165) is 4.90 Å². The highest BCUT2D eigenvalue weighted by Crippen LogP contribution is 2.23. The first-order valence-corrected chi connectivity index (χ1v) is 10.7. The van der Waals surface area contributed by atoms with Crippen LogP contribution in [0.15, 0.2) is 47.4 Å². The van der Waals surface area contributed by atoms with Crippen molar-refractivity contribution in [2.45, 2.75) is 17.7 Å². The van der Waals surface area contributed by atoms with E-state index >= 15 is 0 Å². The number of nitrogen functional groups attached to an aromatic ring is 1. The van der Waals surface area contributed by atoms with E-state index in [-0.39, 0.29) is 23.1 Å². The third-order valence-corrected chi connectivity index (χ3v) is 5.53. The lowest BCUT2D eigenvalue weighted by atomic mass is 10.1. The molecule has 3 aromatic rings. The number of hydrogen-bond donors (Lipinski definition) is 2. The molecule has 0 atom stereocenters. The van der Waals surface area contributed by atoms with E-state index in [9.17, 15) is 14.4 Å². The molecule has 1 aromatic heterocycles. The second kappa shape index (κ2) is 9.65. The minimum Gasteiger partial charge on any atom is -0.382 e. The molecule has 0 saturated heterocycles. The van der Waals surface area contributed by atoms with Crippen molar-refractivity contribution in [3.63, 3.8) is 0 Å². The van der Waals surface area contributed by atoms with Crippen molar-refractivity contribution < 1.29 is 9.18 Å². The van der Waals surface area contributed by atoms with Crippen LogP contribution < -0.4 is 11.1 Å². The number of thioether (sulfide) groups is 1. The zero-order chi connectivity index (χ0) is 21.7. The summed E-state index contributed by atoms with van der Waals surface area (Å²) in [5, 5.41) is 17.1. The average molecular weight is 444 g/mol. The lowest BCUT2D eigenvalue weighted by molar-refractivity contribution is 0.0953. The highest BCUT2D eigenvalue weighted by Gasteiger charge is 2.17. The Hall–Kier alpha value is -3.02. The second-order valence-corrected chi connectivity index (χ2v) is 7.70. The largest absolute Gasteiger partial charge is 0.382 e. The Morgan fingerprint density at radius 1 is 1.33 bits per heavy atom. The molecule has 0 unspecified atom stereocenters. The molecule has 30 heavy (non-hydrogen) atoms. The number of rotatable bonds is 7. The number of nitrogens with zero attached hydrogens (tertiary/aromatic N) is 3. The van der Waals surface area contributed by atoms with Crippen LogP contribution in [-0.4, -0.2) is 28.5 Å². The van der Waals surface area contributed by atoms with E-state index in [1.807, 2.05) is 12.3 Å². The first-order chi connectivity index (χ1) is 14.4. The van der Waals surface area contributed by atoms with Crippen LogP contribution in [0.1, 0.15) is 28.0 Å². The van der Waals surface area contributed by atoms with Gasteiger partial charge in [-0.15, -0.1) is 11.8 Å². The summed E-state index contributed by atoms with van der Waals surface area (Å²) in [7, 11) is 0. The molecule has 0 aliphatic rings. The standard InChI is InChI=1S/C21H19ClFN5OS/c1-30-15-8-9-18(22)16(11-15)21(29)26-10-2-3-19-17(12-24)20(25)28(27-19)14-6-4-13(23)5-7-14/h4-9,11H,2-3,10,25H2,1H3,(H,26,29). The lowest BCUT2D eigenvalue weighted by Gasteiger charge is -2.08. The molecule has 6 nitrogen and oxygen atoms in total. The molecule has 0 saturated carbocycles. The van der Waals surface area contributed by atoms with Crippen molar-refractivity contribution in [1.82, 2.24) is 15.1 Å². The number of aryl methyl sites for hydroxylation is 1. The van der Waals surface area contributed by atoms with Gasteiger partial charge in [-0.1, -0.05) is 11.6 Å². The van der Waals surface area contributed by atoms with Gasteiger partial charge in [-0.3, -0.25) is 4.79 Å². The number of nitrogens with one attached hydrogen (secondary N) is 1. The lowest BCUT2D eigenvalue weighted by Crippen LogP contribution is -2.25. The number of amides is 1. The van der Waals surface area contributed by atoms with Crippen molar-refractivity contribution in [2.75, 3.05) is 18.5 Å². The topological polar surface area (TPSA) is 96.7 Å². The molecular weight excluding hydrogens is 425 g/mol. The highest BCUT2D eigenvalue weighted by molar-refractivity contribution is 7.98. The molecule has 9 heteroatoms. The maximum atomic E-state index is 13.2. The van der Waals surface area contributed by atoms with Crippen LogP contribution in [0.5, 0.6) is 0 Å². The van der Waals surface area contributed by atoms with Gasteiger partial charge in [0.2, 0.25) is 0 Å². The van der Waals surface area contributed by atoms with Gasteiger partial charge in [0.1, 0.15) is 23.3 Å². The zero-order valence-electron chi connectivity index (χ0n) is 16.2. The van der Waals surface area contributed by atoms with Crippen LogP contribution in [-0.2, 0) is 6.42 Å². The number of nitrogens with two attached hydrogens (primary N) is 1. The van der Waals surface area contributed by atoms with Crippen LogP contribution in [0, 0.1) is 17.1 Å². The van der Waals surface area contributed by atoms with Gasteiger partial charge in [0.25, 0.3) is 5.91 Å². The summed E-state index contributed by atoms with van der Waals surface area (Å²) in [4.78, 5) is 13.4. The van der Waals surface area contributed by atoms with Crippen LogP contribution in [0.25, 0.3) is 5.69 Å². The Balaban J connectivity index is 1.65. The van der Waals surface area contributed by atoms with E-state index in [4.69, 9.17) is 17.3 Å². The minimum absolute atomic E-state index is 0.198. The van der Waals surface area contributed by atoms with Crippen LogP contribution in [0.3, 0.4) is 0 Å². The van der Waals surface area contributed by atoms with Crippen molar-refractivity contribution in [3.8, 4) is 11.8 Å². The van der Waals surface area contributed by atoms with Crippen molar-refractivity contribution in [1.29, 1.82) is 5.26 Å². The highest BCUT2D eigenvalue weighted by atomic mass is 35.5. The third-order valence-electron chi connectivity index (χ3n) is 4.47. The monoisotopic (exact) mass is 443 g/mol. The van der Waals surface area contributed by atoms with Gasteiger partial charge in [0.05, 0.1) is 22.0 Å². The summed E-state index contributed by atoms with van der Waals surface area (Å²) >= 11 is 7.66. The molecule has 0 spiro atoms. The molecule has 3 N–H and O–H groups in total. The number of nitriles is 1. The molecule has 2 aromatic carbocycles. The van der Waals surface area contributed by atoms with Gasteiger partial charge in [-0.2, -0.15) is 10.4 Å². The predicted octanol–water partition coefficient (Wildman–Crippen LogP) is 4.20. The van der Waals surface area contributed by atoms with E-state index in [1.165, 1.54) is 40.7 Å². The Kier molecular flexibility index (Phi) is 6.98. The molecule has 154 valence electrons. The van der Waals surface area contributed by atoms with Gasteiger partial charge < -0.3 is 11.1 Å². The number of hydrogen-bond acceptors (Lipinski definition) is 5. The maximum absolute atomic E-state index is 13.2. The molecule has 0 aliphatic carbocycles. The smallest absolute Gasteiger partial charge is 0.252 e. The average Bonchev–Trinajstić information content (AvgIpc) is 3.07. The molecule has 3 rings (SSSR count). The van der Waals surface area contributed by atoms with Gasteiger partial charge in [-0.05, 0) is 61.6 Å². The van der Waals surface area contributed by atoms with E-state index < -0.39 is 0 Å².